The largest absolute Gasteiger partial charge is 0.334 e. The Morgan fingerprint density at radius 1 is 1.36 bits per heavy atom. The Hall–Kier alpha value is -2.42. The number of hydrogen-bond donors (Lipinski definition) is 2. The molecule has 116 valence electrons. The number of carbonyl (C=O) groups excluding carboxylic acids is 1. The molecule has 1 fully saturated rings. The van der Waals surface area contributed by atoms with Gasteiger partial charge in [-0.2, -0.15) is 0 Å². The van der Waals surface area contributed by atoms with E-state index in [4.69, 9.17) is 0 Å². The van der Waals surface area contributed by atoms with E-state index in [0.29, 0.717) is 17.9 Å². The molecule has 1 aliphatic heterocycles. The van der Waals surface area contributed by atoms with Gasteiger partial charge in [0.2, 0.25) is 0 Å². The van der Waals surface area contributed by atoms with Crippen molar-refractivity contribution in [3.8, 4) is 5.82 Å². The number of pyridine rings is 1. The molecule has 1 saturated heterocycles. The fourth-order valence-electron chi connectivity index (χ4n) is 2.27. The number of imidazole rings is 1. The van der Waals surface area contributed by atoms with Gasteiger partial charge in [0.15, 0.2) is 9.84 Å². The lowest BCUT2D eigenvalue weighted by Gasteiger charge is -2.12. The Balaban J connectivity index is 1.58. The first kappa shape index (κ1) is 14.5. The minimum absolute atomic E-state index is 0.00175. The summed E-state index contributed by atoms with van der Waals surface area (Å²) in [6, 6.07) is 2.70. The normalized spacial score (nSPS) is 19.7. The third-order valence-corrected chi connectivity index (χ3v) is 5.11. The maximum Gasteiger partial charge on any atom is 0.319 e. The predicted octanol–water partition coefficient (Wildman–Crippen LogP) is 0.576. The molecule has 0 aromatic carbocycles. The standard InChI is InChI=1S/C13H15N5O3S/c19-13(17-11-3-6-22(20,21)8-11)16-10-1-2-12(15-7-10)18-5-4-14-9-18/h1-2,4-5,7,9,11H,3,6,8H2,(H2,16,17,19)/t11-/m1/s1. The van der Waals surface area contributed by atoms with Gasteiger partial charge in [0, 0.05) is 18.4 Å². The fourth-order valence-corrected chi connectivity index (χ4v) is 3.94. The smallest absolute Gasteiger partial charge is 0.319 e. The van der Waals surface area contributed by atoms with Gasteiger partial charge < -0.3 is 10.6 Å². The number of urea groups is 1. The SMILES string of the molecule is O=C(Nc1ccc(-n2ccnc2)nc1)N[C@@H]1CCS(=O)(=O)C1. The molecule has 2 N–H and O–H groups in total. The number of nitrogens with one attached hydrogen (secondary N) is 2. The van der Waals surface area contributed by atoms with Gasteiger partial charge in [-0.15, -0.1) is 0 Å². The second-order valence-electron chi connectivity index (χ2n) is 5.07. The van der Waals surface area contributed by atoms with Crippen LogP contribution in [0.3, 0.4) is 0 Å². The quantitative estimate of drug-likeness (QED) is 0.860. The molecule has 0 unspecified atom stereocenters. The van der Waals surface area contributed by atoms with Gasteiger partial charge in [0.25, 0.3) is 0 Å². The van der Waals surface area contributed by atoms with E-state index in [1.807, 2.05) is 0 Å². The number of anilines is 1. The van der Waals surface area contributed by atoms with E-state index in [-0.39, 0.29) is 17.5 Å². The topological polar surface area (TPSA) is 106 Å². The zero-order chi connectivity index (χ0) is 15.6. The maximum absolute atomic E-state index is 11.8. The second-order valence-corrected chi connectivity index (χ2v) is 7.30. The van der Waals surface area contributed by atoms with Gasteiger partial charge in [0.05, 0.1) is 23.4 Å². The Morgan fingerprint density at radius 2 is 2.23 bits per heavy atom. The molecule has 0 aliphatic carbocycles. The Morgan fingerprint density at radius 3 is 2.82 bits per heavy atom. The molecule has 1 aliphatic rings. The molecule has 22 heavy (non-hydrogen) atoms. The molecular formula is C13H15N5O3S. The van der Waals surface area contributed by atoms with Crippen LogP contribution in [0.5, 0.6) is 0 Å². The van der Waals surface area contributed by atoms with Gasteiger partial charge >= 0.3 is 6.03 Å². The summed E-state index contributed by atoms with van der Waals surface area (Å²) in [4.78, 5) is 20.0. The van der Waals surface area contributed by atoms with E-state index < -0.39 is 15.9 Å². The highest BCUT2D eigenvalue weighted by atomic mass is 32.2. The summed E-state index contributed by atoms with van der Waals surface area (Å²) in [5.41, 5.74) is 0.530. The molecule has 1 atom stereocenters. The molecule has 2 aromatic rings. The average molecular weight is 321 g/mol. The Kier molecular flexibility index (Phi) is 3.80. The monoisotopic (exact) mass is 321 g/mol. The van der Waals surface area contributed by atoms with Gasteiger partial charge in [-0.05, 0) is 18.6 Å². The van der Waals surface area contributed by atoms with Crippen LogP contribution in [0.1, 0.15) is 6.42 Å². The molecule has 3 rings (SSSR count). The van der Waals surface area contributed by atoms with E-state index >= 15 is 0 Å². The molecule has 2 aromatic heterocycles. The molecule has 2 amide bonds. The van der Waals surface area contributed by atoms with Gasteiger partial charge in [-0.25, -0.2) is 23.2 Å². The summed E-state index contributed by atoms with van der Waals surface area (Å²) in [7, 11) is -3.01. The summed E-state index contributed by atoms with van der Waals surface area (Å²) in [5, 5.41) is 5.29. The minimum atomic E-state index is -3.01. The summed E-state index contributed by atoms with van der Waals surface area (Å²) in [6.45, 7) is 0. The minimum Gasteiger partial charge on any atom is -0.334 e. The molecular weight excluding hydrogens is 306 g/mol. The van der Waals surface area contributed by atoms with Gasteiger partial charge in [-0.3, -0.25) is 4.57 Å². The first-order valence-electron chi connectivity index (χ1n) is 6.74. The molecule has 0 bridgehead atoms. The van der Waals surface area contributed by atoms with Gasteiger partial charge in [0.1, 0.15) is 12.1 Å². The summed E-state index contributed by atoms with van der Waals surface area (Å²) in [5.74, 6) is 0.808. The molecule has 0 spiro atoms. The number of amides is 2. The van der Waals surface area contributed by atoms with Crippen LogP contribution in [0, 0.1) is 0 Å². The van der Waals surface area contributed by atoms with Gasteiger partial charge in [-0.1, -0.05) is 0 Å². The van der Waals surface area contributed by atoms with Crippen LogP contribution < -0.4 is 10.6 Å². The molecule has 9 heteroatoms. The highest BCUT2D eigenvalue weighted by Gasteiger charge is 2.28. The number of carbonyl (C=O) groups is 1. The Labute approximate surface area is 127 Å². The molecule has 0 radical (unpaired) electrons. The number of rotatable bonds is 3. The van der Waals surface area contributed by atoms with E-state index in [0.717, 1.165) is 0 Å². The van der Waals surface area contributed by atoms with Crippen molar-refractivity contribution in [1.29, 1.82) is 0 Å². The Bertz CT molecular complexity index is 755. The van der Waals surface area contributed by atoms with E-state index in [2.05, 4.69) is 20.6 Å². The number of hydrogen-bond acceptors (Lipinski definition) is 5. The molecule has 0 saturated carbocycles. The van der Waals surface area contributed by atoms with E-state index in [1.54, 1.807) is 35.4 Å². The van der Waals surface area contributed by atoms with Crippen LogP contribution in [0.25, 0.3) is 5.82 Å². The number of aromatic nitrogens is 3. The number of sulfone groups is 1. The second kappa shape index (κ2) is 5.76. The fraction of sp³-hybridized carbons (Fsp3) is 0.308. The maximum atomic E-state index is 11.8. The lowest BCUT2D eigenvalue weighted by molar-refractivity contribution is 0.249. The first-order chi connectivity index (χ1) is 10.5. The van der Waals surface area contributed by atoms with Crippen molar-refractivity contribution in [1.82, 2.24) is 19.9 Å². The van der Waals surface area contributed by atoms with E-state index in [9.17, 15) is 13.2 Å². The first-order valence-corrected chi connectivity index (χ1v) is 8.56. The van der Waals surface area contributed by atoms with Crippen LogP contribution in [0.2, 0.25) is 0 Å². The van der Waals surface area contributed by atoms with Crippen molar-refractivity contribution >= 4 is 21.6 Å². The highest BCUT2D eigenvalue weighted by Crippen LogP contribution is 2.12. The van der Waals surface area contributed by atoms with Crippen LogP contribution in [0.15, 0.2) is 37.1 Å². The summed E-state index contributed by atoms with van der Waals surface area (Å²) in [6.07, 6.45) is 7.02. The predicted molar refractivity (Wildman–Crippen MR) is 80.6 cm³/mol. The summed E-state index contributed by atoms with van der Waals surface area (Å²) >= 11 is 0. The van der Waals surface area contributed by atoms with Crippen molar-refractivity contribution in [2.75, 3.05) is 16.8 Å². The van der Waals surface area contributed by atoms with Crippen molar-refractivity contribution in [3.05, 3.63) is 37.1 Å². The third kappa shape index (κ3) is 3.42. The lowest BCUT2D eigenvalue weighted by atomic mass is 10.3. The zero-order valence-corrected chi connectivity index (χ0v) is 12.5. The molecule has 3 heterocycles. The van der Waals surface area contributed by atoms with Crippen LogP contribution >= 0.6 is 0 Å². The van der Waals surface area contributed by atoms with Crippen molar-refractivity contribution in [2.24, 2.45) is 0 Å². The average Bonchev–Trinajstić information content (AvgIpc) is 3.09. The van der Waals surface area contributed by atoms with Crippen LogP contribution in [-0.2, 0) is 9.84 Å². The van der Waals surface area contributed by atoms with Crippen LogP contribution in [0.4, 0.5) is 10.5 Å². The van der Waals surface area contributed by atoms with Crippen LogP contribution in [-0.4, -0.2) is 46.5 Å². The molecule has 8 nitrogen and oxygen atoms in total. The highest BCUT2D eigenvalue weighted by molar-refractivity contribution is 7.91. The van der Waals surface area contributed by atoms with Crippen molar-refractivity contribution in [2.45, 2.75) is 12.5 Å². The van der Waals surface area contributed by atoms with Crippen molar-refractivity contribution in [3.63, 3.8) is 0 Å². The lowest BCUT2D eigenvalue weighted by Crippen LogP contribution is -2.38. The zero-order valence-electron chi connectivity index (χ0n) is 11.6. The number of nitrogens with zero attached hydrogens (tertiary/aromatic N) is 3. The van der Waals surface area contributed by atoms with E-state index in [1.165, 1.54) is 6.20 Å². The summed E-state index contributed by atoms with van der Waals surface area (Å²) < 4.78 is 24.4. The van der Waals surface area contributed by atoms with Crippen molar-refractivity contribution < 1.29 is 13.2 Å². The third-order valence-electron chi connectivity index (χ3n) is 3.34.